The van der Waals surface area contributed by atoms with E-state index in [1.807, 2.05) is 66.3 Å². The minimum atomic E-state index is -0.661. The zero-order valence-corrected chi connectivity index (χ0v) is 19.0. The van der Waals surface area contributed by atoms with Gasteiger partial charge in [0.05, 0.1) is 24.5 Å². The van der Waals surface area contributed by atoms with Crippen molar-refractivity contribution in [2.45, 2.75) is 19.6 Å². The monoisotopic (exact) mass is 506 g/mol. The van der Waals surface area contributed by atoms with Crippen molar-refractivity contribution < 1.29 is 5.11 Å². The number of pyridine rings is 1. The number of halogens is 1. The van der Waals surface area contributed by atoms with Gasteiger partial charge in [0.15, 0.2) is 5.96 Å². The SMILES string of the molecule is CCNC(=NCC(O)c1ccncc1)N(C)Cc1cnn(-c2ccccc2)c1.I. The van der Waals surface area contributed by atoms with Crippen molar-refractivity contribution >= 4 is 29.9 Å². The molecule has 0 aliphatic rings. The number of aliphatic imine (C=N–C) groups is 1. The van der Waals surface area contributed by atoms with E-state index in [-0.39, 0.29) is 30.5 Å². The van der Waals surface area contributed by atoms with Crippen LogP contribution in [0.2, 0.25) is 0 Å². The summed E-state index contributed by atoms with van der Waals surface area (Å²) in [6, 6.07) is 13.6. The highest BCUT2D eigenvalue weighted by molar-refractivity contribution is 14.0. The van der Waals surface area contributed by atoms with Crippen molar-refractivity contribution in [3.63, 3.8) is 0 Å². The van der Waals surface area contributed by atoms with Crippen LogP contribution in [-0.4, -0.2) is 50.9 Å². The number of benzene rings is 1. The minimum Gasteiger partial charge on any atom is -0.386 e. The number of para-hydroxylation sites is 1. The smallest absolute Gasteiger partial charge is 0.194 e. The maximum absolute atomic E-state index is 10.3. The summed E-state index contributed by atoms with van der Waals surface area (Å²) in [6.45, 7) is 3.71. The molecule has 2 heterocycles. The molecule has 1 unspecified atom stereocenters. The Morgan fingerprint density at radius 3 is 2.62 bits per heavy atom. The van der Waals surface area contributed by atoms with Crippen LogP contribution in [-0.2, 0) is 6.54 Å². The van der Waals surface area contributed by atoms with Crippen LogP contribution < -0.4 is 5.32 Å². The van der Waals surface area contributed by atoms with Gasteiger partial charge in [0, 0.05) is 44.3 Å². The Labute approximate surface area is 188 Å². The molecule has 0 saturated carbocycles. The zero-order chi connectivity index (χ0) is 19.8. The molecular weight excluding hydrogens is 479 g/mol. The molecule has 2 aromatic heterocycles. The predicted octanol–water partition coefficient (Wildman–Crippen LogP) is 3.02. The van der Waals surface area contributed by atoms with Crippen LogP contribution in [0.1, 0.15) is 24.2 Å². The predicted molar refractivity (Wildman–Crippen MR) is 126 cm³/mol. The topological polar surface area (TPSA) is 78.6 Å². The van der Waals surface area contributed by atoms with Gasteiger partial charge in [0.25, 0.3) is 0 Å². The number of nitrogens with one attached hydrogen (secondary N) is 1. The molecule has 154 valence electrons. The second-order valence-corrected chi connectivity index (χ2v) is 6.48. The van der Waals surface area contributed by atoms with E-state index >= 15 is 0 Å². The first kappa shape index (κ1) is 22.8. The number of aliphatic hydroxyl groups excluding tert-OH is 1. The van der Waals surface area contributed by atoms with E-state index in [0.29, 0.717) is 6.54 Å². The summed E-state index contributed by atoms with van der Waals surface area (Å²) in [5, 5.41) is 18.1. The van der Waals surface area contributed by atoms with Crippen LogP contribution in [0, 0.1) is 0 Å². The normalized spacial score (nSPS) is 12.2. The van der Waals surface area contributed by atoms with E-state index in [0.717, 1.165) is 29.3 Å². The van der Waals surface area contributed by atoms with Crippen molar-refractivity contribution in [2.24, 2.45) is 4.99 Å². The number of guanidine groups is 1. The molecule has 0 aliphatic heterocycles. The van der Waals surface area contributed by atoms with Gasteiger partial charge in [-0.15, -0.1) is 24.0 Å². The Balaban J connectivity index is 0.00000300. The molecule has 0 fully saturated rings. The Bertz CT molecular complexity index is 884. The van der Waals surface area contributed by atoms with Crippen molar-refractivity contribution in [2.75, 3.05) is 20.1 Å². The number of rotatable bonds is 7. The fraction of sp³-hybridized carbons (Fsp3) is 0.286. The van der Waals surface area contributed by atoms with Crippen LogP contribution in [0.15, 0.2) is 72.2 Å². The summed E-state index contributed by atoms with van der Waals surface area (Å²) in [4.78, 5) is 10.6. The molecule has 0 aliphatic carbocycles. The van der Waals surface area contributed by atoms with E-state index in [1.165, 1.54) is 0 Å². The van der Waals surface area contributed by atoms with Crippen LogP contribution in [0.5, 0.6) is 0 Å². The summed E-state index contributed by atoms with van der Waals surface area (Å²) in [7, 11) is 1.97. The lowest BCUT2D eigenvalue weighted by molar-refractivity contribution is 0.186. The van der Waals surface area contributed by atoms with E-state index < -0.39 is 6.10 Å². The minimum absolute atomic E-state index is 0. The van der Waals surface area contributed by atoms with Gasteiger partial charge in [0.1, 0.15) is 0 Å². The number of hydrogen-bond acceptors (Lipinski definition) is 4. The van der Waals surface area contributed by atoms with E-state index in [4.69, 9.17) is 0 Å². The average Bonchev–Trinajstić information content (AvgIpc) is 3.20. The highest BCUT2D eigenvalue weighted by Gasteiger charge is 2.11. The third kappa shape index (κ3) is 6.53. The Hall–Kier alpha value is -2.46. The van der Waals surface area contributed by atoms with Crippen molar-refractivity contribution in [1.82, 2.24) is 25.0 Å². The molecule has 0 bridgehead atoms. The Kier molecular flexibility index (Phi) is 9.07. The van der Waals surface area contributed by atoms with E-state index in [9.17, 15) is 5.11 Å². The standard InChI is InChI=1S/C21H26N6O.HI/c1-3-23-21(24-14-20(28)18-9-11-22-12-10-18)26(2)15-17-13-25-27(16-17)19-7-5-4-6-8-19;/h4-13,16,20,28H,3,14-15H2,1-2H3,(H,23,24);1H. The third-order valence-electron chi connectivity index (χ3n) is 4.28. The number of hydrogen-bond donors (Lipinski definition) is 2. The van der Waals surface area contributed by atoms with Gasteiger partial charge in [-0.3, -0.25) is 9.98 Å². The first-order valence-electron chi connectivity index (χ1n) is 9.33. The molecule has 1 aromatic carbocycles. The largest absolute Gasteiger partial charge is 0.386 e. The highest BCUT2D eigenvalue weighted by atomic mass is 127. The van der Waals surface area contributed by atoms with Gasteiger partial charge >= 0.3 is 0 Å². The van der Waals surface area contributed by atoms with Crippen LogP contribution in [0.4, 0.5) is 0 Å². The van der Waals surface area contributed by atoms with E-state index in [2.05, 4.69) is 20.4 Å². The maximum atomic E-state index is 10.3. The quantitative estimate of drug-likeness (QED) is 0.293. The lowest BCUT2D eigenvalue weighted by Crippen LogP contribution is -2.38. The summed E-state index contributed by atoms with van der Waals surface area (Å²) >= 11 is 0. The lowest BCUT2D eigenvalue weighted by Gasteiger charge is -2.22. The lowest BCUT2D eigenvalue weighted by atomic mass is 10.1. The summed E-state index contributed by atoms with van der Waals surface area (Å²) in [5.74, 6) is 0.739. The fourth-order valence-electron chi connectivity index (χ4n) is 2.85. The molecule has 0 saturated heterocycles. The van der Waals surface area contributed by atoms with Gasteiger partial charge in [-0.2, -0.15) is 5.10 Å². The first-order chi connectivity index (χ1) is 13.7. The van der Waals surface area contributed by atoms with Crippen LogP contribution >= 0.6 is 24.0 Å². The average molecular weight is 506 g/mol. The van der Waals surface area contributed by atoms with Gasteiger partial charge < -0.3 is 15.3 Å². The molecule has 7 nitrogen and oxygen atoms in total. The fourth-order valence-corrected chi connectivity index (χ4v) is 2.85. The van der Waals surface area contributed by atoms with Gasteiger partial charge in [-0.1, -0.05) is 18.2 Å². The third-order valence-corrected chi connectivity index (χ3v) is 4.28. The van der Waals surface area contributed by atoms with Gasteiger partial charge in [-0.25, -0.2) is 4.68 Å². The zero-order valence-electron chi connectivity index (χ0n) is 16.6. The molecule has 29 heavy (non-hydrogen) atoms. The van der Waals surface area contributed by atoms with Crippen molar-refractivity contribution in [1.29, 1.82) is 0 Å². The molecule has 1 atom stereocenters. The number of aromatic nitrogens is 3. The van der Waals surface area contributed by atoms with E-state index in [1.54, 1.807) is 24.5 Å². The molecule has 3 aromatic rings. The molecule has 0 radical (unpaired) electrons. The molecule has 2 N–H and O–H groups in total. The molecule has 8 heteroatoms. The second-order valence-electron chi connectivity index (χ2n) is 6.48. The molecular formula is C21H27IN6O. The van der Waals surface area contributed by atoms with Crippen molar-refractivity contribution in [3.05, 3.63) is 78.4 Å². The highest BCUT2D eigenvalue weighted by Crippen LogP contribution is 2.12. The van der Waals surface area contributed by atoms with Gasteiger partial charge in [0.2, 0.25) is 0 Å². The van der Waals surface area contributed by atoms with Gasteiger partial charge in [-0.05, 0) is 36.8 Å². The number of aliphatic hydroxyl groups is 1. The Morgan fingerprint density at radius 2 is 1.93 bits per heavy atom. The van der Waals surface area contributed by atoms with Crippen LogP contribution in [0.3, 0.4) is 0 Å². The second kappa shape index (κ2) is 11.5. The van der Waals surface area contributed by atoms with Crippen molar-refractivity contribution in [3.8, 4) is 5.69 Å². The Morgan fingerprint density at radius 1 is 1.21 bits per heavy atom. The molecule has 0 amide bonds. The summed E-state index contributed by atoms with van der Waals surface area (Å²) in [6.07, 6.45) is 6.56. The summed E-state index contributed by atoms with van der Waals surface area (Å²) < 4.78 is 1.86. The first-order valence-corrected chi connectivity index (χ1v) is 9.33. The van der Waals surface area contributed by atoms with Crippen LogP contribution in [0.25, 0.3) is 5.69 Å². The molecule has 0 spiro atoms. The molecule has 3 rings (SSSR count). The maximum Gasteiger partial charge on any atom is 0.194 e. The number of nitrogens with zero attached hydrogens (tertiary/aromatic N) is 5. The summed E-state index contributed by atoms with van der Waals surface area (Å²) in [5.41, 5.74) is 2.91.